The number of anilines is 2. The lowest BCUT2D eigenvalue weighted by atomic mass is 10.3. The number of nitrogens with zero attached hydrogens (tertiary/aromatic N) is 4. The van der Waals surface area contributed by atoms with Crippen LogP contribution in [-0.4, -0.2) is 46.4 Å². The number of benzene rings is 1. The topological polar surface area (TPSA) is 72.3 Å². The Labute approximate surface area is 159 Å². The maximum Gasteiger partial charge on any atom is 0.276 e. The lowest BCUT2D eigenvalue weighted by Gasteiger charge is -2.27. The molecule has 1 aliphatic rings. The van der Waals surface area contributed by atoms with Gasteiger partial charge in [-0.3, -0.25) is 4.79 Å². The second-order valence-electron chi connectivity index (χ2n) is 6.13. The van der Waals surface area contributed by atoms with Crippen LogP contribution in [-0.2, 0) is 4.74 Å². The summed E-state index contributed by atoms with van der Waals surface area (Å²) in [6.45, 7) is 4.59. The zero-order valence-electron chi connectivity index (χ0n) is 14.7. The molecule has 140 valence electrons. The maximum absolute atomic E-state index is 14.0. The Morgan fingerprint density at radius 3 is 2.85 bits per heavy atom. The van der Waals surface area contributed by atoms with Crippen LogP contribution in [0.15, 0.2) is 36.5 Å². The van der Waals surface area contributed by atoms with Crippen molar-refractivity contribution in [3.63, 3.8) is 0 Å². The monoisotopic (exact) mass is 387 g/mol. The van der Waals surface area contributed by atoms with Gasteiger partial charge < -0.3 is 15.0 Å². The standard InChI is InChI=1S/C18H18FN5O2S/c1-12-10-14(22-24(12)16-5-3-2-4-13(16)19)17(25)21-15-11-20-27-18(15)23-6-8-26-9-7-23/h2-5,10-11H,6-9H2,1H3,(H,21,25). The molecular weight excluding hydrogens is 369 g/mol. The van der Waals surface area contributed by atoms with Gasteiger partial charge in [-0.2, -0.15) is 9.47 Å². The summed E-state index contributed by atoms with van der Waals surface area (Å²) in [5.74, 6) is -0.754. The number of nitrogens with one attached hydrogen (secondary N) is 1. The summed E-state index contributed by atoms with van der Waals surface area (Å²) >= 11 is 1.33. The normalized spacial score (nSPS) is 14.4. The van der Waals surface area contributed by atoms with Gasteiger partial charge in [0.1, 0.15) is 16.5 Å². The Morgan fingerprint density at radius 2 is 2.07 bits per heavy atom. The van der Waals surface area contributed by atoms with Crippen LogP contribution in [0, 0.1) is 12.7 Å². The first-order valence-electron chi connectivity index (χ1n) is 8.54. The summed E-state index contributed by atoms with van der Waals surface area (Å²) in [5, 5.41) is 8.05. The number of para-hydroxylation sites is 1. The third kappa shape index (κ3) is 3.56. The SMILES string of the molecule is Cc1cc(C(=O)Nc2cnsc2N2CCOCC2)nn1-c1ccccc1F. The van der Waals surface area contributed by atoms with Gasteiger partial charge in [0.15, 0.2) is 5.69 Å². The summed E-state index contributed by atoms with van der Waals surface area (Å²) in [7, 11) is 0. The van der Waals surface area contributed by atoms with Gasteiger partial charge in [0, 0.05) is 18.8 Å². The highest BCUT2D eigenvalue weighted by molar-refractivity contribution is 7.11. The van der Waals surface area contributed by atoms with Crippen molar-refractivity contribution in [1.29, 1.82) is 0 Å². The van der Waals surface area contributed by atoms with Crippen molar-refractivity contribution >= 4 is 28.1 Å². The predicted octanol–water partition coefficient (Wildman–Crippen LogP) is 2.87. The first kappa shape index (κ1) is 17.6. The molecule has 3 aromatic rings. The van der Waals surface area contributed by atoms with E-state index in [4.69, 9.17) is 4.74 Å². The second-order valence-corrected chi connectivity index (χ2v) is 6.91. The van der Waals surface area contributed by atoms with E-state index >= 15 is 0 Å². The van der Waals surface area contributed by atoms with Crippen LogP contribution < -0.4 is 10.2 Å². The lowest BCUT2D eigenvalue weighted by molar-refractivity contribution is 0.102. The van der Waals surface area contributed by atoms with E-state index in [1.165, 1.54) is 22.3 Å². The molecule has 4 rings (SSSR count). The molecule has 0 saturated carbocycles. The van der Waals surface area contributed by atoms with Gasteiger partial charge in [-0.25, -0.2) is 9.07 Å². The Balaban J connectivity index is 1.56. The number of morpholine rings is 1. The average molecular weight is 387 g/mol. The molecule has 9 heteroatoms. The maximum atomic E-state index is 14.0. The number of aromatic nitrogens is 3. The van der Waals surface area contributed by atoms with Crippen LogP contribution in [0.1, 0.15) is 16.2 Å². The highest BCUT2D eigenvalue weighted by atomic mass is 32.1. The fraction of sp³-hybridized carbons (Fsp3) is 0.278. The molecule has 0 atom stereocenters. The average Bonchev–Trinajstić information content (AvgIpc) is 3.29. The first-order chi connectivity index (χ1) is 13.1. The smallest absolute Gasteiger partial charge is 0.276 e. The first-order valence-corrected chi connectivity index (χ1v) is 9.31. The molecule has 0 bridgehead atoms. The van der Waals surface area contributed by atoms with E-state index < -0.39 is 5.82 Å². The van der Waals surface area contributed by atoms with Crippen LogP contribution in [0.4, 0.5) is 15.1 Å². The number of hydrogen-bond acceptors (Lipinski definition) is 6. The quantitative estimate of drug-likeness (QED) is 0.745. The molecule has 1 N–H and O–H groups in total. The van der Waals surface area contributed by atoms with E-state index in [0.717, 1.165) is 18.1 Å². The largest absolute Gasteiger partial charge is 0.378 e. The molecule has 0 spiro atoms. The van der Waals surface area contributed by atoms with Crippen molar-refractivity contribution in [2.45, 2.75) is 6.92 Å². The molecule has 1 aliphatic heterocycles. The number of rotatable bonds is 4. The lowest BCUT2D eigenvalue weighted by Crippen LogP contribution is -2.36. The zero-order valence-corrected chi connectivity index (χ0v) is 15.5. The summed E-state index contributed by atoms with van der Waals surface area (Å²) in [4.78, 5) is 14.8. The minimum Gasteiger partial charge on any atom is -0.378 e. The summed E-state index contributed by atoms with van der Waals surface area (Å²) in [6, 6.07) is 7.96. The number of carbonyl (C=O) groups is 1. The third-order valence-corrected chi connectivity index (χ3v) is 5.16. The number of amides is 1. The molecule has 0 radical (unpaired) electrons. The fourth-order valence-electron chi connectivity index (χ4n) is 2.95. The molecule has 1 saturated heterocycles. The van der Waals surface area contributed by atoms with Crippen molar-refractivity contribution in [2.24, 2.45) is 0 Å². The molecule has 7 nitrogen and oxygen atoms in total. The minimum atomic E-state index is -0.396. The van der Waals surface area contributed by atoms with E-state index in [2.05, 4.69) is 19.7 Å². The van der Waals surface area contributed by atoms with Crippen LogP contribution >= 0.6 is 11.5 Å². The van der Waals surface area contributed by atoms with Gasteiger partial charge in [-0.05, 0) is 36.7 Å². The van der Waals surface area contributed by atoms with E-state index in [1.807, 2.05) is 0 Å². The molecule has 1 amide bonds. The Hall–Kier alpha value is -2.78. The van der Waals surface area contributed by atoms with Crippen molar-refractivity contribution in [1.82, 2.24) is 14.2 Å². The van der Waals surface area contributed by atoms with Gasteiger partial charge in [0.05, 0.1) is 25.1 Å². The highest BCUT2D eigenvalue weighted by Gasteiger charge is 2.21. The van der Waals surface area contributed by atoms with Gasteiger partial charge in [-0.15, -0.1) is 0 Å². The van der Waals surface area contributed by atoms with E-state index in [9.17, 15) is 9.18 Å². The van der Waals surface area contributed by atoms with E-state index in [-0.39, 0.29) is 11.6 Å². The molecule has 1 fully saturated rings. The van der Waals surface area contributed by atoms with Crippen molar-refractivity contribution in [3.8, 4) is 5.69 Å². The fourth-order valence-corrected chi connectivity index (χ4v) is 3.71. The van der Waals surface area contributed by atoms with E-state index in [0.29, 0.717) is 30.3 Å². The Bertz CT molecular complexity index is 964. The van der Waals surface area contributed by atoms with E-state index in [1.54, 1.807) is 37.4 Å². The number of hydrogen-bond donors (Lipinski definition) is 1. The van der Waals surface area contributed by atoms with Crippen molar-refractivity contribution in [2.75, 3.05) is 36.5 Å². The summed E-state index contributed by atoms with van der Waals surface area (Å²) in [5.41, 5.74) is 1.84. The molecule has 0 aliphatic carbocycles. The second kappa shape index (κ2) is 7.45. The Kier molecular flexibility index (Phi) is 4.87. The van der Waals surface area contributed by atoms with Crippen LogP contribution in [0.5, 0.6) is 0 Å². The van der Waals surface area contributed by atoms with Gasteiger partial charge in [-0.1, -0.05) is 12.1 Å². The molecular formula is C18H18FN5O2S. The zero-order chi connectivity index (χ0) is 18.8. The number of carbonyl (C=O) groups excluding carboxylic acids is 1. The van der Waals surface area contributed by atoms with Gasteiger partial charge in [0.2, 0.25) is 0 Å². The van der Waals surface area contributed by atoms with Crippen LogP contribution in [0.3, 0.4) is 0 Å². The van der Waals surface area contributed by atoms with Crippen LogP contribution in [0.2, 0.25) is 0 Å². The van der Waals surface area contributed by atoms with Crippen molar-refractivity contribution in [3.05, 3.63) is 53.7 Å². The van der Waals surface area contributed by atoms with Crippen molar-refractivity contribution < 1.29 is 13.9 Å². The molecule has 3 heterocycles. The summed E-state index contributed by atoms with van der Waals surface area (Å²) in [6.07, 6.45) is 1.63. The molecule has 1 aromatic carbocycles. The molecule has 2 aromatic heterocycles. The minimum absolute atomic E-state index is 0.217. The highest BCUT2D eigenvalue weighted by Crippen LogP contribution is 2.31. The van der Waals surface area contributed by atoms with Gasteiger partial charge >= 0.3 is 0 Å². The van der Waals surface area contributed by atoms with Gasteiger partial charge in [0.25, 0.3) is 5.91 Å². The third-order valence-electron chi connectivity index (χ3n) is 4.30. The predicted molar refractivity (Wildman–Crippen MR) is 101 cm³/mol. The van der Waals surface area contributed by atoms with Crippen LogP contribution in [0.25, 0.3) is 5.69 Å². The summed E-state index contributed by atoms with van der Waals surface area (Å²) < 4.78 is 25.0. The molecule has 27 heavy (non-hydrogen) atoms. The molecule has 0 unspecified atom stereocenters. The number of aryl methyl sites for hydroxylation is 1. The number of halogens is 1. The Morgan fingerprint density at radius 1 is 1.30 bits per heavy atom. The number of ether oxygens (including phenoxy) is 1.